The summed E-state index contributed by atoms with van der Waals surface area (Å²) >= 11 is 0. The number of allylic oxidation sites excluding steroid dienone is 2. The minimum Gasteiger partial charge on any atom is -0.399 e. The Hall–Kier alpha value is -1.45. The highest BCUT2D eigenvalue weighted by Gasteiger charge is 2.14. The number of amidine groups is 1. The van der Waals surface area contributed by atoms with E-state index in [9.17, 15) is 0 Å². The number of likely N-dealkylation sites (tertiary alicyclic amines) is 1. The number of hydrogen-bond acceptors (Lipinski definition) is 4. The molecule has 17 heavy (non-hydrogen) atoms. The molecule has 0 aliphatic carbocycles. The van der Waals surface area contributed by atoms with Crippen molar-refractivity contribution in [3.8, 4) is 0 Å². The Labute approximate surface area is 103 Å². The van der Waals surface area contributed by atoms with Gasteiger partial charge in [-0.05, 0) is 32.1 Å². The highest BCUT2D eigenvalue weighted by atomic mass is 15.2. The summed E-state index contributed by atoms with van der Waals surface area (Å²) in [6.07, 6.45) is 10.7. The normalized spacial score (nSPS) is 32.0. The molecule has 1 fully saturated rings. The fourth-order valence-corrected chi connectivity index (χ4v) is 2.28. The second-order valence-electron chi connectivity index (χ2n) is 4.75. The Kier molecular flexibility index (Phi) is 4.07. The molecule has 0 saturated carbocycles. The minimum absolute atomic E-state index is 0.727. The van der Waals surface area contributed by atoms with Crippen molar-refractivity contribution < 1.29 is 0 Å². The van der Waals surface area contributed by atoms with Crippen LogP contribution in [0.1, 0.15) is 38.5 Å². The van der Waals surface area contributed by atoms with Crippen LogP contribution in [0.3, 0.4) is 0 Å². The zero-order valence-electron chi connectivity index (χ0n) is 10.4. The predicted octanol–water partition coefficient (Wildman–Crippen LogP) is 1.70. The van der Waals surface area contributed by atoms with Crippen LogP contribution in [0.25, 0.3) is 0 Å². The molecule has 2 aliphatic rings. The zero-order valence-corrected chi connectivity index (χ0v) is 10.4. The molecule has 0 radical (unpaired) electrons. The van der Waals surface area contributed by atoms with Gasteiger partial charge in [0.1, 0.15) is 11.7 Å². The maximum Gasteiger partial charge on any atom is 0.132 e. The van der Waals surface area contributed by atoms with Crippen molar-refractivity contribution >= 4 is 5.84 Å². The lowest BCUT2D eigenvalue weighted by atomic mass is 10.1. The van der Waals surface area contributed by atoms with Gasteiger partial charge in [0.2, 0.25) is 0 Å². The van der Waals surface area contributed by atoms with Crippen LogP contribution >= 0.6 is 0 Å². The molecule has 2 aliphatic heterocycles. The van der Waals surface area contributed by atoms with Crippen molar-refractivity contribution in [2.45, 2.75) is 38.5 Å². The van der Waals surface area contributed by atoms with Crippen LogP contribution in [0, 0.1) is 0 Å². The fraction of sp³-hybridized carbons (Fsp3) is 0.615. The first kappa shape index (κ1) is 12.0. The lowest BCUT2D eigenvalue weighted by molar-refractivity contribution is 0.283. The zero-order chi connectivity index (χ0) is 12.1. The van der Waals surface area contributed by atoms with E-state index in [1.807, 2.05) is 6.08 Å². The van der Waals surface area contributed by atoms with E-state index < -0.39 is 0 Å². The maximum absolute atomic E-state index is 5.96. The largest absolute Gasteiger partial charge is 0.399 e. The molecular weight excluding hydrogens is 212 g/mol. The summed E-state index contributed by atoms with van der Waals surface area (Å²) in [5.41, 5.74) is 12.7. The third-order valence-corrected chi connectivity index (χ3v) is 3.25. The lowest BCUT2D eigenvalue weighted by Crippen LogP contribution is -2.29. The number of nitrogens with two attached hydrogens (primary N) is 2. The third-order valence-electron chi connectivity index (χ3n) is 3.25. The number of rotatable bonds is 1. The van der Waals surface area contributed by atoms with Crippen molar-refractivity contribution in [1.29, 1.82) is 0 Å². The Bertz CT molecular complexity index is 348. The lowest BCUT2D eigenvalue weighted by Gasteiger charge is -2.29. The summed E-state index contributed by atoms with van der Waals surface area (Å²) in [6.45, 7) is 2.13. The Morgan fingerprint density at radius 3 is 2.59 bits per heavy atom. The quantitative estimate of drug-likeness (QED) is 0.725. The van der Waals surface area contributed by atoms with Gasteiger partial charge in [-0.15, -0.1) is 0 Å². The highest BCUT2D eigenvalue weighted by molar-refractivity contribution is 5.81. The summed E-state index contributed by atoms with van der Waals surface area (Å²) in [5.74, 6) is 1.67. The van der Waals surface area contributed by atoms with Crippen LogP contribution in [0.2, 0.25) is 0 Å². The molecule has 4 N–H and O–H groups in total. The van der Waals surface area contributed by atoms with Crippen LogP contribution in [0.5, 0.6) is 0 Å². The van der Waals surface area contributed by atoms with Gasteiger partial charge in [0, 0.05) is 31.3 Å². The second-order valence-corrected chi connectivity index (χ2v) is 4.75. The first-order chi connectivity index (χ1) is 8.25. The SMILES string of the molecule is N\C1=N/C(N2CCCCC2)=C\C(N)=C/CCC1. The van der Waals surface area contributed by atoms with E-state index in [1.54, 1.807) is 0 Å². The van der Waals surface area contributed by atoms with E-state index in [-0.39, 0.29) is 0 Å². The van der Waals surface area contributed by atoms with Gasteiger partial charge in [-0.25, -0.2) is 4.99 Å². The van der Waals surface area contributed by atoms with Crippen molar-refractivity contribution in [3.63, 3.8) is 0 Å². The molecule has 4 nitrogen and oxygen atoms in total. The van der Waals surface area contributed by atoms with E-state index in [1.165, 1.54) is 19.3 Å². The van der Waals surface area contributed by atoms with Gasteiger partial charge in [0.05, 0.1) is 0 Å². The van der Waals surface area contributed by atoms with Crippen molar-refractivity contribution in [1.82, 2.24) is 4.90 Å². The molecule has 0 bridgehead atoms. The van der Waals surface area contributed by atoms with Crippen molar-refractivity contribution in [2.24, 2.45) is 16.5 Å². The van der Waals surface area contributed by atoms with E-state index in [0.717, 1.165) is 49.7 Å². The van der Waals surface area contributed by atoms with E-state index >= 15 is 0 Å². The molecule has 0 aromatic carbocycles. The summed E-state index contributed by atoms with van der Waals surface area (Å²) in [6, 6.07) is 0. The summed E-state index contributed by atoms with van der Waals surface area (Å²) < 4.78 is 0. The first-order valence-electron chi connectivity index (χ1n) is 6.51. The molecule has 0 unspecified atom stereocenters. The molecule has 0 spiro atoms. The van der Waals surface area contributed by atoms with Gasteiger partial charge in [-0.1, -0.05) is 6.08 Å². The molecule has 1 saturated heterocycles. The van der Waals surface area contributed by atoms with Gasteiger partial charge in [0.15, 0.2) is 0 Å². The van der Waals surface area contributed by atoms with E-state index in [0.29, 0.717) is 0 Å². The molecule has 4 heteroatoms. The molecule has 94 valence electrons. The predicted molar refractivity (Wildman–Crippen MR) is 71.3 cm³/mol. The summed E-state index contributed by atoms with van der Waals surface area (Å²) in [5, 5.41) is 0. The molecule has 0 amide bonds. The first-order valence-corrected chi connectivity index (χ1v) is 6.51. The van der Waals surface area contributed by atoms with Crippen LogP contribution in [-0.4, -0.2) is 23.8 Å². The number of nitrogens with zero attached hydrogens (tertiary/aromatic N) is 2. The molecule has 0 aromatic rings. The van der Waals surface area contributed by atoms with Gasteiger partial charge in [-0.3, -0.25) is 0 Å². The maximum atomic E-state index is 5.96. The monoisotopic (exact) mass is 234 g/mol. The second kappa shape index (κ2) is 5.75. The summed E-state index contributed by atoms with van der Waals surface area (Å²) in [7, 11) is 0. The van der Waals surface area contributed by atoms with Gasteiger partial charge in [0.25, 0.3) is 0 Å². The highest BCUT2D eigenvalue weighted by Crippen LogP contribution is 2.18. The number of hydrogen-bond donors (Lipinski definition) is 2. The molecule has 0 aromatic heterocycles. The average molecular weight is 234 g/mol. The molecule has 0 atom stereocenters. The average Bonchev–Trinajstić information content (AvgIpc) is 2.42. The fourth-order valence-electron chi connectivity index (χ4n) is 2.28. The summed E-state index contributed by atoms with van der Waals surface area (Å²) in [4.78, 5) is 6.82. The smallest absolute Gasteiger partial charge is 0.132 e. The standard InChI is InChI=1S/C13H22N4/c14-11-6-2-3-7-12(15)16-13(10-11)17-8-4-1-5-9-17/h6,10H,1-5,7-9,14H2,(H2,15,16)/b11-6+,13-10+. The topological polar surface area (TPSA) is 67.6 Å². The minimum atomic E-state index is 0.727. The van der Waals surface area contributed by atoms with Crippen LogP contribution in [0.15, 0.2) is 28.7 Å². The van der Waals surface area contributed by atoms with Crippen LogP contribution < -0.4 is 11.5 Å². The molecule has 2 rings (SSSR count). The molecule has 2 heterocycles. The number of piperidine rings is 1. The Morgan fingerprint density at radius 2 is 1.82 bits per heavy atom. The Morgan fingerprint density at radius 1 is 1.06 bits per heavy atom. The number of aliphatic imine (C=N–C) groups is 1. The van der Waals surface area contributed by atoms with Gasteiger partial charge < -0.3 is 16.4 Å². The molecular formula is C13H22N4. The van der Waals surface area contributed by atoms with E-state index in [2.05, 4.69) is 16.0 Å². The Balaban J connectivity index is 2.21. The van der Waals surface area contributed by atoms with Crippen molar-refractivity contribution in [3.05, 3.63) is 23.7 Å². The third kappa shape index (κ3) is 3.51. The van der Waals surface area contributed by atoms with E-state index in [4.69, 9.17) is 11.5 Å². The van der Waals surface area contributed by atoms with Crippen LogP contribution in [0.4, 0.5) is 0 Å². The van der Waals surface area contributed by atoms with Crippen molar-refractivity contribution in [2.75, 3.05) is 13.1 Å². The van der Waals surface area contributed by atoms with Gasteiger partial charge >= 0.3 is 0 Å². The van der Waals surface area contributed by atoms with Gasteiger partial charge in [-0.2, -0.15) is 0 Å². The van der Waals surface area contributed by atoms with Crippen LogP contribution in [-0.2, 0) is 0 Å².